The summed E-state index contributed by atoms with van der Waals surface area (Å²) in [5, 5.41) is 3.87. The number of halogens is 2. The van der Waals surface area contributed by atoms with E-state index in [1.165, 1.54) is 21.3 Å². The highest BCUT2D eigenvalue weighted by molar-refractivity contribution is 7.92. The van der Waals surface area contributed by atoms with Crippen molar-refractivity contribution in [1.29, 1.82) is 0 Å². The third-order valence-corrected chi connectivity index (χ3v) is 11.1. The highest BCUT2D eigenvalue weighted by Gasteiger charge is 2.36. The van der Waals surface area contributed by atoms with Crippen molar-refractivity contribution >= 4 is 50.7 Å². The molecular weight excluding hydrogens is 653 g/mol. The van der Waals surface area contributed by atoms with Crippen LogP contribution in [-0.4, -0.2) is 43.8 Å². The van der Waals surface area contributed by atoms with Gasteiger partial charge in [-0.1, -0.05) is 116 Å². The molecule has 7 nitrogen and oxygen atoms in total. The van der Waals surface area contributed by atoms with Crippen molar-refractivity contribution < 1.29 is 18.0 Å². The Balaban J connectivity index is 1.59. The molecule has 0 heterocycles. The summed E-state index contributed by atoms with van der Waals surface area (Å²) >= 11 is 12.6. The number of rotatable bonds is 13. The fourth-order valence-corrected chi connectivity index (χ4v) is 7.84. The normalized spacial score (nSPS) is 14.0. The number of anilines is 1. The van der Waals surface area contributed by atoms with E-state index in [-0.39, 0.29) is 29.8 Å². The molecule has 1 unspecified atom stereocenters. The lowest BCUT2D eigenvalue weighted by atomic mass is 10.0. The van der Waals surface area contributed by atoms with Crippen molar-refractivity contribution in [1.82, 2.24) is 10.2 Å². The molecular formula is C37H39Cl2N3O4S. The quantitative estimate of drug-likeness (QED) is 0.158. The van der Waals surface area contributed by atoms with Crippen LogP contribution in [0.15, 0.2) is 108 Å². The maximum absolute atomic E-state index is 14.7. The topological polar surface area (TPSA) is 86.8 Å². The van der Waals surface area contributed by atoms with E-state index >= 15 is 0 Å². The second kappa shape index (κ2) is 15.8. The minimum Gasteiger partial charge on any atom is -0.352 e. The fraction of sp³-hybridized carbons (Fsp3) is 0.297. The van der Waals surface area contributed by atoms with E-state index in [1.54, 1.807) is 48.5 Å². The van der Waals surface area contributed by atoms with E-state index in [0.29, 0.717) is 27.7 Å². The summed E-state index contributed by atoms with van der Waals surface area (Å²) in [6, 6.07) is 28.9. The van der Waals surface area contributed by atoms with Gasteiger partial charge in [-0.25, -0.2) is 8.42 Å². The van der Waals surface area contributed by atoms with E-state index in [1.807, 2.05) is 49.4 Å². The lowest BCUT2D eigenvalue weighted by molar-refractivity contribution is -0.140. The molecule has 1 saturated carbocycles. The molecule has 0 saturated heterocycles. The van der Waals surface area contributed by atoms with Crippen molar-refractivity contribution in [2.75, 3.05) is 10.8 Å². The molecule has 1 atom stereocenters. The predicted octanol–water partition coefficient (Wildman–Crippen LogP) is 7.45. The van der Waals surface area contributed by atoms with Gasteiger partial charge < -0.3 is 10.2 Å². The zero-order chi connectivity index (χ0) is 33.4. The van der Waals surface area contributed by atoms with Crippen LogP contribution in [0, 0.1) is 0 Å². The van der Waals surface area contributed by atoms with Crippen LogP contribution >= 0.6 is 23.2 Å². The number of nitrogens with zero attached hydrogens (tertiary/aromatic N) is 2. The summed E-state index contributed by atoms with van der Waals surface area (Å²) in [5.74, 6) is -0.801. The van der Waals surface area contributed by atoms with Gasteiger partial charge in [0.05, 0.1) is 20.6 Å². The third kappa shape index (κ3) is 8.55. The number of hydrogen-bond donors (Lipinski definition) is 1. The van der Waals surface area contributed by atoms with E-state index in [9.17, 15) is 18.0 Å². The summed E-state index contributed by atoms with van der Waals surface area (Å²) in [4.78, 5) is 30.4. The van der Waals surface area contributed by atoms with Crippen molar-refractivity contribution in [2.45, 2.75) is 69.0 Å². The first-order valence-corrected chi connectivity index (χ1v) is 18.1. The number of hydrogen-bond acceptors (Lipinski definition) is 4. The number of sulfonamides is 1. The molecule has 0 bridgehead atoms. The molecule has 2 amide bonds. The lowest BCUT2D eigenvalue weighted by Gasteiger charge is -2.34. The molecule has 4 aromatic rings. The molecule has 47 heavy (non-hydrogen) atoms. The van der Waals surface area contributed by atoms with Crippen LogP contribution in [-0.2, 0) is 39.0 Å². The largest absolute Gasteiger partial charge is 0.352 e. The summed E-state index contributed by atoms with van der Waals surface area (Å²) in [7, 11) is -4.18. The third-order valence-electron chi connectivity index (χ3n) is 8.56. The van der Waals surface area contributed by atoms with Crippen molar-refractivity contribution in [3.8, 4) is 0 Å². The minimum absolute atomic E-state index is 0.0138. The SMILES string of the molecule is CCc1ccccc1N(CC(=O)N(Cc1ccc(Cl)c(Cl)c1)C(Cc1ccccc1)C(=O)NC1CCCC1)S(=O)(=O)c1ccccc1. The molecule has 4 aromatic carbocycles. The van der Waals surface area contributed by atoms with Crippen LogP contribution < -0.4 is 9.62 Å². The van der Waals surface area contributed by atoms with Gasteiger partial charge in [-0.3, -0.25) is 13.9 Å². The molecule has 10 heteroatoms. The Bertz CT molecular complexity index is 1780. The highest BCUT2D eigenvalue weighted by Crippen LogP contribution is 2.29. The average Bonchev–Trinajstić information content (AvgIpc) is 3.60. The van der Waals surface area contributed by atoms with Gasteiger partial charge in [0, 0.05) is 19.0 Å². The van der Waals surface area contributed by atoms with Crippen LogP contribution in [0.25, 0.3) is 0 Å². The van der Waals surface area contributed by atoms with Gasteiger partial charge >= 0.3 is 0 Å². The highest BCUT2D eigenvalue weighted by atomic mass is 35.5. The van der Waals surface area contributed by atoms with Gasteiger partial charge in [-0.05, 0) is 66.3 Å². The van der Waals surface area contributed by atoms with E-state index in [2.05, 4.69) is 5.32 Å². The van der Waals surface area contributed by atoms with Crippen LogP contribution in [0.3, 0.4) is 0 Å². The zero-order valence-electron chi connectivity index (χ0n) is 26.3. The molecule has 1 N–H and O–H groups in total. The number of para-hydroxylation sites is 1. The first-order chi connectivity index (χ1) is 22.7. The smallest absolute Gasteiger partial charge is 0.264 e. The van der Waals surface area contributed by atoms with Gasteiger partial charge in [0.2, 0.25) is 11.8 Å². The molecule has 0 spiro atoms. The second-order valence-electron chi connectivity index (χ2n) is 11.8. The Morgan fingerprint density at radius 1 is 0.830 bits per heavy atom. The maximum Gasteiger partial charge on any atom is 0.264 e. The number of carbonyl (C=O) groups is 2. The lowest BCUT2D eigenvalue weighted by Crippen LogP contribution is -2.54. The first kappa shape index (κ1) is 34.5. The molecule has 0 aliphatic heterocycles. The van der Waals surface area contributed by atoms with Crippen molar-refractivity contribution in [3.63, 3.8) is 0 Å². The standard InChI is InChI=1S/C37H39Cl2N3O4S/c1-2-29-15-9-12-20-34(29)42(47(45,46)31-18-7-4-8-19-31)26-36(43)41(25-28-21-22-32(38)33(39)23-28)35(24-27-13-5-3-6-14-27)37(44)40-30-16-10-11-17-30/h3-9,12-15,18-23,30,35H,2,10-11,16-17,24-26H2,1H3,(H,40,44). The Labute approximate surface area is 287 Å². The molecule has 1 fully saturated rings. The Morgan fingerprint density at radius 3 is 2.13 bits per heavy atom. The summed E-state index contributed by atoms with van der Waals surface area (Å²) in [6.45, 7) is 1.44. The van der Waals surface area contributed by atoms with Crippen molar-refractivity contribution in [2.24, 2.45) is 0 Å². The maximum atomic E-state index is 14.7. The van der Waals surface area contributed by atoms with Crippen LogP contribution in [0.5, 0.6) is 0 Å². The van der Waals surface area contributed by atoms with Crippen LogP contribution in [0.2, 0.25) is 10.0 Å². The molecule has 1 aliphatic rings. The van der Waals surface area contributed by atoms with Gasteiger partial charge in [0.15, 0.2) is 0 Å². The van der Waals surface area contributed by atoms with Gasteiger partial charge in [0.25, 0.3) is 10.0 Å². The monoisotopic (exact) mass is 691 g/mol. The molecule has 5 rings (SSSR count). The summed E-state index contributed by atoms with van der Waals surface area (Å²) in [5.41, 5.74) is 2.72. The number of carbonyl (C=O) groups excluding carboxylic acids is 2. The van der Waals surface area contributed by atoms with Crippen LogP contribution in [0.1, 0.15) is 49.3 Å². The Hall–Kier alpha value is -3.85. The number of benzene rings is 4. The van der Waals surface area contributed by atoms with Gasteiger partial charge in [-0.15, -0.1) is 0 Å². The van der Waals surface area contributed by atoms with Gasteiger partial charge in [0.1, 0.15) is 12.6 Å². The molecule has 1 aliphatic carbocycles. The second-order valence-corrected chi connectivity index (χ2v) is 14.4. The fourth-order valence-electron chi connectivity index (χ4n) is 6.04. The summed E-state index contributed by atoms with van der Waals surface area (Å²) in [6.07, 6.45) is 4.61. The number of nitrogens with one attached hydrogen (secondary N) is 1. The molecule has 246 valence electrons. The predicted molar refractivity (Wildman–Crippen MR) is 188 cm³/mol. The number of amides is 2. The van der Waals surface area contributed by atoms with Crippen LogP contribution in [0.4, 0.5) is 5.69 Å². The summed E-state index contributed by atoms with van der Waals surface area (Å²) < 4.78 is 29.7. The Kier molecular flexibility index (Phi) is 11.6. The van der Waals surface area contributed by atoms with E-state index < -0.39 is 28.5 Å². The van der Waals surface area contributed by atoms with Gasteiger partial charge in [-0.2, -0.15) is 0 Å². The first-order valence-electron chi connectivity index (χ1n) is 15.9. The zero-order valence-corrected chi connectivity index (χ0v) is 28.6. The minimum atomic E-state index is -4.18. The van der Waals surface area contributed by atoms with E-state index in [0.717, 1.165) is 36.8 Å². The number of aryl methyl sites for hydroxylation is 1. The average molecular weight is 693 g/mol. The van der Waals surface area contributed by atoms with Crippen molar-refractivity contribution in [3.05, 3.63) is 130 Å². The molecule has 0 radical (unpaired) electrons. The van der Waals surface area contributed by atoms with E-state index in [4.69, 9.17) is 23.2 Å². The Morgan fingerprint density at radius 2 is 1.47 bits per heavy atom. The molecule has 0 aromatic heterocycles.